The van der Waals surface area contributed by atoms with Crippen molar-refractivity contribution in [2.75, 3.05) is 33.3 Å². The number of nitrogens with zero attached hydrogens (tertiary/aromatic N) is 2. The molecule has 1 unspecified atom stereocenters. The number of benzene rings is 1. The van der Waals surface area contributed by atoms with Gasteiger partial charge in [-0.1, -0.05) is 19.1 Å². The Morgan fingerprint density at radius 3 is 2.57 bits per heavy atom. The molecule has 1 aromatic carbocycles. The number of methoxy groups -OCH3 is 1. The van der Waals surface area contributed by atoms with E-state index in [0.29, 0.717) is 6.54 Å². The smallest absolute Gasteiger partial charge is 0.194 e. The molecule has 1 fully saturated rings. The third-order valence-electron chi connectivity index (χ3n) is 4.33. The number of hydrogen-bond acceptors (Lipinski definition) is 3. The molecule has 0 spiro atoms. The van der Waals surface area contributed by atoms with Crippen molar-refractivity contribution in [1.29, 1.82) is 0 Å². The molecular weight excluding hydrogens is 290 g/mol. The molecular formula is C18H29N3O2. The molecule has 0 bridgehead atoms. The molecule has 0 aromatic heterocycles. The number of piperidine rings is 1. The molecule has 23 heavy (non-hydrogen) atoms. The Bertz CT molecular complexity index is 493. The Kier molecular flexibility index (Phi) is 6.71. The number of hydrogen-bond donors (Lipinski definition) is 2. The minimum Gasteiger partial charge on any atom is -0.497 e. The van der Waals surface area contributed by atoms with Crippen LogP contribution in [0.1, 0.15) is 38.4 Å². The summed E-state index contributed by atoms with van der Waals surface area (Å²) in [6.07, 6.45) is 1.80. The van der Waals surface area contributed by atoms with Crippen molar-refractivity contribution in [2.45, 2.75) is 32.8 Å². The first-order valence-electron chi connectivity index (χ1n) is 8.49. The van der Waals surface area contributed by atoms with Crippen molar-refractivity contribution >= 4 is 5.96 Å². The molecule has 1 saturated heterocycles. The topological polar surface area (TPSA) is 57.1 Å². The Labute approximate surface area is 139 Å². The van der Waals surface area contributed by atoms with Gasteiger partial charge >= 0.3 is 0 Å². The lowest BCUT2D eigenvalue weighted by atomic mass is 9.99. The second-order valence-corrected chi connectivity index (χ2v) is 6.15. The fourth-order valence-electron chi connectivity index (χ4n) is 2.75. The van der Waals surface area contributed by atoms with E-state index in [9.17, 15) is 5.11 Å². The van der Waals surface area contributed by atoms with Gasteiger partial charge in [0.05, 0.1) is 19.8 Å². The maximum absolute atomic E-state index is 10.3. The van der Waals surface area contributed by atoms with Gasteiger partial charge in [-0.25, -0.2) is 0 Å². The molecule has 5 nitrogen and oxygen atoms in total. The van der Waals surface area contributed by atoms with Crippen molar-refractivity contribution in [3.63, 3.8) is 0 Å². The van der Waals surface area contributed by atoms with Crippen LogP contribution in [0.5, 0.6) is 5.75 Å². The number of aliphatic hydroxyl groups is 1. The molecule has 1 aromatic rings. The fourth-order valence-corrected chi connectivity index (χ4v) is 2.75. The summed E-state index contributed by atoms with van der Waals surface area (Å²) in [7, 11) is 1.64. The summed E-state index contributed by atoms with van der Waals surface area (Å²) >= 11 is 0. The van der Waals surface area contributed by atoms with Crippen molar-refractivity contribution in [1.82, 2.24) is 10.2 Å². The molecule has 0 aliphatic carbocycles. The van der Waals surface area contributed by atoms with Gasteiger partial charge in [0.1, 0.15) is 5.75 Å². The number of nitrogens with one attached hydrogen (secondary N) is 1. The lowest BCUT2D eigenvalue weighted by molar-refractivity contribution is 0.186. The van der Waals surface area contributed by atoms with Crippen LogP contribution in [-0.2, 0) is 0 Å². The first kappa shape index (κ1) is 17.6. The summed E-state index contributed by atoms with van der Waals surface area (Å²) in [5.74, 6) is 2.49. The van der Waals surface area contributed by atoms with Gasteiger partial charge in [0.2, 0.25) is 0 Å². The summed E-state index contributed by atoms with van der Waals surface area (Å²) in [4.78, 5) is 6.93. The van der Waals surface area contributed by atoms with E-state index in [2.05, 4.69) is 29.1 Å². The van der Waals surface area contributed by atoms with Gasteiger partial charge in [0, 0.05) is 19.6 Å². The number of ether oxygens (including phenoxy) is 1. The van der Waals surface area contributed by atoms with Crippen LogP contribution in [0, 0.1) is 5.92 Å². The van der Waals surface area contributed by atoms with Gasteiger partial charge in [-0.15, -0.1) is 0 Å². The predicted molar refractivity (Wildman–Crippen MR) is 93.9 cm³/mol. The molecule has 0 amide bonds. The van der Waals surface area contributed by atoms with Crippen molar-refractivity contribution in [3.8, 4) is 5.75 Å². The number of rotatable bonds is 5. The Balaban J connectivity index is 1.98. The minimum absolute atomic E-state index is 0.362. The average molecular weight is 319 g/mol. The quantitative estimate of drug-likeness (QED) is 0.646. The highest BCUT2D eigenvalue weighted by molar-refractivity contribution is 5.80. The van der Waals surface area contributed by atoms with E-state index < -0.39 is 6.10 Å². The largest absolute Gasteiger partial charge is 0.497 e. The highest BCUT2D eigenvalue weighted by Crippen LogP contribution is 2.19. The van der Waals surface area contributed by atoms with E-state index in [1.807, 2.05) is 24.3 Å². The number of aliphatic imine (C=N–C) groups is 1. The summed E-state index contributed by atoms with van der Waals surface area (Å²) in [6, 6.07) is 7.49. The van der Waals surface area contributed by atoms with E-state index >= 15 is 0 Å². The Morgan fingerprint density at radius 2 is 2.00 bits per heavy atom. The highest BCUT2D eigenvalue weighted by atomic mass is 16.5. The van der Waals surface area contributed by atoms with Crippen LogP contribution in [0.2, 0.25) is 0 Å². The molecule has 2 rings (SSSR count). The third-order valence-corrected chi connectivity index (χ3v) is 4.33. The van der Waals surface area contributed by atoms with Crippen molar-refractivity contribution in [3.05, 3.63) is 29.8 Å². The van der Waals surface area contributed by atoms with Crippen LogP contribution in [0.4, 0.5) is 0 Å². The molecule has 5 heteroatoms. The van der Waals surface area contributed by atoms with Gasteiger partial charge in [-0.3, -0.25) is 4.99 Å². The standard InChI is InChI=1S/C18H29N3O2/c1-4-19-18(21-11-9-14(2)10-12-21)20-13-17(22)15-5-7-16(23-3)8-6-15/h5-8,14,17,22H,4,9-13H2,1-3H3,(H,19,20). The minimum atomic E-state index is -0.599. The summed E-state index contributed by atoms with van der Waals surface area (Å²) in [6.45, 7) is 7.64. The summed E-state index contributed by atoms with van der Waals surface area (Å²) in [5.41, 5.74) is 0.859. The molecule has 0 radical (unpaired) electrons. The van der Waals surface area contributed by atoms with Crippen LogP contribution in [0.15, 0.2) is 29.3 Å². The second kappa shape index (κ2) is 8.77. The SMILES string of the molecule is CCNC(=NCC(O)c1ccc(OC)cc1)N1CCC(C)CC1. The molecule has 1 heterocycles. The zero-order valence-corrected chi connectivity index (χ0v) is 14.5. The lowest BCUT2D eigenvalue weighted by Crippen LogP contribution is -2.45. The fraction of sp³-hybridized carbons (Fsp3) is 0.611. The summed E-state index contributed by atoms with van der Waals surface area (Å²) in [5, 5.41) is 13.7. The van der Waals surface area contributed by atoms with Crippen molar-refractivity contribution < 1.29 is 9.84 Å². The number of likely N-dealkylation sites (tertiary alicyclic amines) is 1. The van der Waals surface area contributed by atoms with E-state index in [1.54, 1.807) is 7.11 Å². The Morgan fingerprint density at radius 1 is 1.35 bits per heavy atom. The van der Waals surface area contributed by atoms with E-state index in [1.165, 1.54) is 12.8 Å². The van der Waals surface area contributed by atoms with Gasteiger partial charge < -0.3 is 20.1 Å². The zero-order chi connectivity index (χ0) is 16.7. The van der Waals surface area contributed by atoms with Gasteiger partial charge in [-0.05, 0) is 43.4 Å². The number of aliphatic hydroxyl groups excluding tert-OH is 1. The maximum Gasteiger partial charge on any atom is 0.194 e. The molecule has 1 atom stereocenters. The first-order valence-corrected chi connectivity index (χ1v) is 8.49. The van der Waals surface area contributed by atoms with Crippen LogP contribution in [-0.4, -0.2) is 49.3 Å². The van der Waals surface area contributed by atoms with Gasteiger partial charge in [-0.2, -0.15) is 0 Å². The number of guanidine groups is 1. The van der Waals surface area contributed by atoms with Crippen LogP contribution < -0.4 is 10.1 Å². The third kappa shape index (κ3) is 5.13. The van der Waals surface area contributed by atoms with Crippen LogP contribution in [0.3, 0.4) is 0 Å². The Hall–Kier alpha value is -1.75. The van der Waals surface area contributed by atoms with E-state index in [0.717, 1.165) is 42.8 Å². The molecule has 1 aliphatic rings. The average Bonchev–Trinajstić information content (AvgIpc) is 2.59. The van der Waals surface area contributed by atoms with E-state index in [4.69, 9.17) is 4.74 Å². The van der Waals surface area contributed by atoms with Crippen molar-refractivity contribution in [2.24, 2.45) is 10.9 Å². The molecule has 0 saturated carbocycles. The second-order valence-electron chi connectivity index (χ2n) is 6.15. The van der Waals surface area contributed by atoms with Gasteiger partial charge in [0.15, 0.2) is 5.96 Å². The first-order chi connectivity index (χ1) is 11.1. The zero-order valence-electron chi connectivity index (χ0n) is 14.5. The molecule has 128 valence electrons. The highest BCUT2D eigenvalue weighted by Gasteiger charge is 2.19. The van der Waals surface area contributed by atoms with Gasteiger partial charge in [0.25, 0.3) is 0 Å². The normalized spacial score (nSPS) is 17.9. The van der Waals surface area contributed by atoms with E-state index in [-0.39, 0.29) is 0 Å². The molecule has 2 N–H and O–H groups in total. The lowest BCUT2D eigenvalue weighted by Gasteiger charge is -2.33. The van der Waals surface area contributed by atoms with Crippen LogP contribution >= 0.6 is 0 Å². The van der Waals surface area contributed by atoms with Crippen LogP contribution in [0.25, 0.3) is 0 Å². The monoisotopic (exact) mass is 319 g/mol. The maximum atomic E-state index is 10.3. The molecule has 1 aliphatic heterocycles. The summed E-state index contributed by atoms with van der Waals surface area (Å²) < 4.78 is 5.14. The predicted octanol–water partition coefficient (Wildman–Crippen LogP) is 2.43.